The molecule has 1 aliphatic carbocycles. The molecule has 0 bridgehead atoms. The van der Waals surface area contributed by atoms with E-state index in [0.29, 0.717) is 12.1 Å². The molecule has 3 unspecified atom stereocenters. The smallest absolute Gasteiger partial charge is 0.157 e. The van der Waals surface area contributed by atoms with Crippen LogP contribution in [0.2, 0.25) is 0 Å². The molecular formula is C14H21N3S2. The van der Waals surface area contributed by atoms with E-state index in [2.05, 4.69) is 17.2 Å². The highest BCUT2D eigenvalue weighted by molar-refractivity contribution is 8.13. The molecule has 3 nitrogen and oxygen atoms in total. The Balaban J connectivity index is 1.67. The molecule has 5 heteroatoms. The number of rotatable bonds is 3. The minimum absolute atomic E-state index is 0.325. The van der Waals surface area contributed by atoms with E-state index in [9.17, 15) is 0 Å². The van der Waals surface area contributed by atoms with Crippen molar-refractivity contribution in [3.8, 4) is 0 Å². The molecule has 1 saturated carbocycles. The van der Waals surface area contributed by atoms with Gasteiger partial charge in [0.2, 0.25) is 0 Å². The second kappa shape index (κ2) is 6.27. The summed E-state index contributed by atoms with van der Waals surface area (Å²) in [5.41, 5.74) is 0. The summed E-state index contributed by atoms with van der Waals surface area (Å²) in [6.07, 6.45) is 8.35. The minimum Gasteiger partial charge on any atom is -0.356 e. The SMILES string of the molecule is CCC(NC1=NC2CCCCC2CS1)c1nccs1. The van der Waals surface area contributed by atoms with Crippen molar-refractivity contribution >= 4 is 28.3 Å². The average Bonchev–Trinajstić information content (AvgIpc) is 2.98. The second-order valence-corrected chi connectivity index (χ2v) is 7.27. The molecular weight excluding hydrogens is 274 g/mol. The number of nitrogens with one attached hydrogen (secondary N) is 1. The van der Waals surface area contributed by atoms with Crippen LogP contribution >= 0.6 is 23.1 Å². The summed E-state index contributed by atoms with van der Waals surface area (Å²) >= 11 is 3.63. The van der Waals surface area contributed by atoms with Crippen LogP contribution in [-0.4, -0.2) is 21.9 Å². The number of hydrogen-bond donors (Lipinski definition) is 1. The van der Waals surface area contributed by atoms with Crippen molar-refractivity contribution < 1.29 is 0 Å². The molecule has 0 saturated heterocycles. The largest absolute Gasteiger partial charge is 0.356 e. The van der Waals surface area contributed by atoms with Gasteiger partial charge in [-0.05, 0) is 25.2 Å². The summed E-state index contributed by atoms with van der Waals surface area (Å²) in [6, 6.07) is 0.901. The van der Waals surface area contributed by atoms with Gasteiger partial charge in [0.1, 0.15) is 5.01 Å². The minimum atomic E-state index is 0.325. The molecule has 1 aliphatic heterocycles. The maximum Gasteiger partial charge on any atom is 0.157 e. The monoisotopic (exact) mass is 295 g/mol. The normalized spacial score (nSPS) is 28.4. The van der Waals surface area contributed by atoms with Gasteiger partial charge < -0.3 is 5.32 Å². The zero-order valence-electron chi connectivity index (χ0n) is 11.3. The van der Waals surface area contributed by atoms with E-state index in [-0.39, 0.29) is 0 Å². The molecule has 1 aromatic heterocycles. The van der Waals surface area contributed by atoms with Crippen molar-refractivity contribution in [3.05, 3.63) is 16.6 Å². The van der Waals surface area contributed by atoms with Crippen LogP contribution in [0.15, 0.2) is 16.6 Å². The Hall–Kier alpha value is -0.550. The number of hydrogen-bond acceptors (Lipinski definition) is 5. The lowest BCUT2D eigenvalue weighted by atomic mass is 9.86. The Kier molecular flexibility index (Phi) is 4.43. The van der Waals surface area contributed by atoms with E-state index in [4.69, 9.17) is 4.99 Å². The van der Waals surface area contributed by atoms with Gasteiger partial charge >= 0.3 is 0 Å². The van der Waals surface area contributed by atoms with Gasteiger partial charge in [0, 0.05) is 17.3 Å². The highest BCUT2D eigenvalue weighted by Gasteiger charge is 2.29. The molecule has 3 rings (SSSR count). The first-order valence-corrected chi connectivity index (χ1v) is 9.10. The zero-order valence-corrected chi connectivity index (χ0v) is 13.0. The van der Waals surface area contributed by atoms with Crippen molar-refractivity contribution in [2.75, 3.05) is 5.75 Å². The average molecular weight is 295 g/mol. The third-order valence-electron chi connectivity index (χ3n) is 4.04. The fraction of sp³-hybridized carbons (Fsp3) is 0.714. The maximum atomic E-state index is 4.95. The Morgan fingerprint density at radius 2 is 2.32 bits per heavy atom. The number of thiazole rings is 1. The highest BCUT2D eigenvalue weighted by Crippen LogP contribution is 2.34. The maximum absolute atomic E-state index is 4.95. The predicted octanol–water partition coefficient (Wildman–Crippen LogP) is 3.85. The molecule has 0 spiro atoms. The number of aromatic nitrogens is 1. The van der Waals surface area contributed by atoms with E-state index in [1.165, 1.54) is 36.4 Å². The standard InChI is InChI=1S/C14H21N3S2/c1-2-11(13-15-7-8-18-13)16-14-17-12-6-4-3-5-10(12)9-19-14/h7-8,10-12H,2-6,9H2,1H3,(H,16,17). The fourth-order valence-electron chi connectivity index (χ4n) is 2.90. The Bertz CT molecular complexity index is 430. The lowest BCUT2D eigenvalue weighted by Gasteiger charge is -2.33. The Morgan fingerprint density at radius 1 is 1.42 bits per heavy atom. The topological polar surface area (TPSA) is 37.3 Å². The van der Waals surface area contributed by atoms with E-state index in [0.717, 1.165) is 17.5 Å². The summed E-state index contributed by atoms with van der Waals surface area (Å²) in [4.78, 5) is 9.37. The second-order valence-electron chi connectivity index (χ2n) is 5.33. The van der Waals surface area contributed by atoms with Crippen molar-refractivity contribution in [1.29, 1.82) is 0 Å². The van der Waals surface area contributed by atoms with Crippen LogP contribution in [0.3, 0.4) is 0 Å². The number of aliphatic imine (C=N–C) groups is 1. The van der Waals surface area contributed by atoms with Crippen molar-refractivity contribution in [2.45, 2.75) is 51.1 Å². The van der Waals surface area contributed by atoms with Crippen molar-refractivity contribution in [1.82, 2.24) is 10.3 Å². The Labute approximate surface area is 123 Å². The molecule has 1 aromatic rings. The number of thioether (sulfide) groups is 1. The molecule has 0 aromatic carbocycles. The van der Waals surface area contributed by atoms with Gasteiger partial charge in [0.15, 0.2) is 5.17 Å². The van der Waals surface area contributed by atoms with Gasteiger partial charge in [-0.25, -0.2) is 4.98 Å². The number of fused-ring (bicyclic) bond motifs is 1. The van der Waals surface area contributed by atoms with E-state index >= 15 is 0 Å². The van der Waals surface area contributed by atoms with Gasteiger partial charge in [0.05, 0.1) is 12.1 Å². The van der Waals surface area contributed by atoms with Gasteiger partial charge in [0.25, 0.3) is 0 Å². The Morgan fingerprint density at radius 3 is 3.11 bits per heavy atom. The molecule has 104 valence electrons. The lowest BCUT2D eigenvalue weighted by molar-refractivity contribution is 0.335. The first-order valence-electron chi connectivity index (χ1n) is 7.23. The molecule has 1 fully saturated rings. The summed E-state index contributed by atoms with van der Waals surface area (Å²) in [6.45, 7) is 2.20. The van der Waals surface area contributed by atoms with Crippen molar-refractivity contribution in [2.24, 2.45) is 10.9 Å². The predicted molar refractivity (Wildman–Crippen MR) is 83.9 cm³/mol. The summed E-state index contributed by atoms with van der Waals surface area (Å²) in [5.74, 6) is 2.06. The molecule has 19 heavy (non-hydrogen) atoms. The summed E-state index contributed by atoms with van der Waals surface area (Å²) in [5, 5.41) is 7.97. The molecule has 1 N–H and O–H groups in total. The summed E-state index contributed by atoms with van der Waals surface area (Å²) in [7, 11) is 0. The van der Waals surface area contributed by atoms with E-state index < -0.39 is 0 Å². The first kappa shape index (κ1) is 13.4. The molecule has 2 aliphatic rings. The molecule has 0 radical (unpaired) electrons. The fourth-order valence-corrected chi connectivity index (χ4v) is 4.87. The van der Waals surface area contributed by atoms with E-state index in [1.807, 2.05) is 23.3 Å². The quantitative estimate of drug-likeness (QED) is 0.920. The van der Waals surface area contributed by atoms with Gasteiger partial charge in [-0.2, -0.15) is 0 Å². The molecule has 2 heterocycles. The molecule has 0 amide bonds. The van der Waals surface area contributed by atoms with Crippen LogP contribution < -0.4 is 5.32 Å². The highest BCUT2D eigenvalue weighted by atomic mass is 32.2. The van der Waals surface area contributed by atoms with Crippen LogP contribution in [0.1, 0.15) is 50.1 Å². The molecule has 3 atom stereocenters. The first-order chi connectivity index (χ1) is 9.36. The van der Waals surface area contributed by atoms with Gasteiger partial charge in [-0.1, -0.05) is 31.5 Å². The van der Waals surface area contributed by atoms with Gasteiger partial charge in [-0.15, -0.1) is 11.3 Å². The van der Waals surface area contributed by atoms with Crippen LogP contribution in [0.5, 0.6) is 0 Å². The van der Waals surface area contributed by atoms with Crippen LogP contribution in [-0.2, 0) is 0 Å². The third-order valence-corrected chi connectivity index (χ3v) is 6.02. The number of nitrogens with zero attached hydrogens (tertiary/aromatic N) is 2. The lowest BCUT2D eigenvalue weighted by Crippen LogP contribution is -2.36. The van der Waals surface area contributed by atoms with E-state index in [1.54, 1.807) is 11.3 Å². The van der Waals surface area contributed by atoms with Crippen LogP contribution in [0.4, 0.5) is 0 Å². The number of amidine groups is 1. The third kappa shape index (κ3) is 3.14. The van der Waals surface area contributed by atoms with Crippen LogP contribution in [0, 0.1) is 5.92 Å². The van der Waals surface area contributed by atoms with Gasteiger partial charge in [-0.3, -0.25) is 4.99 Å². The summed E-state index contributed by atoms with van der Waals surface area (Å²) < 4.78 is 0. The zero-order chi connectivity index (χ0) is 13.1. The van der Waals surface area contributed by atoms with Crippen molar-refractivity contribution in [3.63, 3.8) is 0 Å². The van der Waals surface area contributed by atoms with Crippen LogP contribution in [0.25, 0.3) is 0 Å².